The van der Waals surface area contributed by atoms with E-state index in [4.69, 9.17) is 14.6 Å². The quantitative estimate of drug-likeness (QED) is 0.734. The van der Waals surface area contributed by atoms with Gasteiger partial charge in [0.1, 0.15) is 0 Å². The lowest BCUT2D eigenvalue weighted by Crippen LogP contribution is -2.37. The summed E-state index contributed by atoms with van der Waals surface area (Å²) in [6, 6.07) is 0. The van der Waals surface area contributed by atoms with Gasteiger partial charge in [0, 0.05) is 25.4 Å². The van der Waals surface area contributed by atoms with Crippen molar-refractivity contribution in [1.82, 2.24) is 0 Å². The fourth-order valence-corrected chi connectivity index (χ4v) is 3.04. The Morgan fingerprint density at radius 2 is 2.06 bits per heavy atom. The van der Waals surface area contributed by atoms with E-state index in [1.54, 1.807) is 0 Å². The molecule has 0 radical (unpaired) electrons. The maximum Gasteiger partial charge on any atom is 0.168 e. The zero-order valence-corrected chi connectivity index (χ0v) is 10.9. The molecule has 104 valence electrons. The van der Waals surface area contributed by atoms with Gasteiger partial charge in [-0.2, -0.15) is 0 Å². The zero-order chi connectivity index (χ0) is 13.0. The molecular weight excluding hydrogens is 232 g/mol. The van der Waals surface area contributed by atoms with E-state index in [-0.39, 0.29) is 18.6 Å². The Hall–Kier alpha value is -0.420. The van der Waals surface area contributed by atoms with Crippen molar-refractivity contribution in [2.24, 2.45) is 5.92 Å². The third kappa shape index (κ3) is 2.94. The highest BCUT2D eigenvalue weighted by Crippen LogP contribution is 2.40. The number of ether oxygens (including phenoxy) is 2. The average molecular weight is 256 g/mol. The number of aliphatic hydroxyl groups is 2. The van der Waals surface area contributed by atoms with Crippen LogP contribution in [0.1, 0.15) is 38.5 Å². The molecule has 0 aromatic heterocycles. The largest absolute Gasteiger partial charge is 0.396 e. The van der Waals surface area contributed by atoms with Crippen LogP contribution in [0, 0.1) is 5.92 Å². The second kappa shape index (κ2) is 6.15. The fraction of sp³-hybridized carbons (Fsp3) is 0.857. The number of hydrogen-bond donors (Lipinski definition) is 2. The Bertz CT molecular complexity index is 273. The maximum atomic E-state index is 9.93. The van der Waals surface area contributed by atoms with Gasteiger partial charge in [0.05, 0.1) is 18.8 Å². The molecule has 2 fully saturated rings. The van der Waals surface area contributed by atoms with E-state index < -0.39 is 11.9 Å². The van der Waals surface area contributed by atoms with Gasteiger partial charge >= 0.3 is 0 Å². The Kier molecular flexibility index (Phi) is 4.78. The minimum absolute atomic E-state index is 0.0441. The molecule has 0 bridgehead atoms. The standard InChI is InChI=1S/C14H24O4/c1-2-12(16)11(6-9-15)13-10-17-14(18-13)7-4-3-5-8-14/h2,11-13,15-16H,1,3-10H2/t11-,12+,13-/m0/s1. The summed E-state index contributed by atoms with van der Waals surface area (Å²) in [4.78, 5) is 0. The fourth-order valence-electron chi connectivity index (χ4n) is 3.04. The van der Waals surface area contributed by atoms with Crippen LogP contribution in [0.4, 0.5) is 0 Å². The lowest BCUT2D eigenvalue weighted by Gasteiger charge is -2.33. The summed E-state index contributed by atoms with van der Waals surface area (Å²) in [5.41, 5.74) is 0. The molecule has 1 saturated heterocycles. The zero-order valence-electron chi connectivity index (χ0n) is 10.9. The normalized spacial score (nSPS) is 30.2. The predicted octanol–water partition coefficient (Wildman–Crippen LogP) is 1.61. The summed E-state index contributed by atoms with van der Waals surface area (Å²) < 4.78 is 12.0. The monoisotopic (exact) mass is 256 g/mol. The Morgan fingerprint density at radius 1 is 1.33 bits per heavy atom. The SMILES string of the molecule is C=C[C@@H](O)[C@H](CCO)[C@@H]1COC2(CCCCC2)O1. The summed E-state index contributed by atoms with van der Waals surface area (Å²) in [5.74, 6) is -0.550. The van der Waals surface area contributed by atoms with Crippen molar-refractivity contribution in [3.63, 3.8) is 0 Å². The second-order valence-corrected chi connectivity index (χ2v) is 5.34. The predicted molar refractivity (Wildman–Crippen MR) is 68.0 cm³/mol. The van der Waals surface area contributed by atoms with E-state index >= 15 is 0 Å². The van der Waals surface area contributed by atoms with Crippen molar-refractivity contribution in [3.05, 3.63) is 12.7 Å². The molecule has 2 N–H and O–H groups in total. The van der Waals surface area contributed by atoms with Gasteiger partial charge in [0.15, 0.2) is 5.79 Å². The van der Waals surface area contributed by atoms with E-state index in [1.807, 2.05) is 0 Å². The molecule has 1 spiro atoms. The topological polar surface area (TPSA) is 58.9 Å². The Labute approximate surface area is 109 Å². The lowest BCUT2D eigenvalue weighted by atomic mass is 9.92. The molecule has 0 aromatic carbocycles. The average Bonchev–Trinajstić information content (AvgIpc) is 2.79. The van der Waals surface area contributed by atoms with Gasteiger partial charge in [-0.3, -0.25) is 0 Å². The lowest BCUT2D eigenvalue weighted by molar-refractivity contribution is -0.194. The van der Waals surface area contributed by atoms with Gasteiger partial charge in [-0.25, -0.2) is 0 Å². The summed E-state index contributed by atoms with van der Waals surface area (Å²) >= 11 is 0. The molecule has 1 aliphatic carbocycles. The first-order chi connectivity index (χ1) is 8.71. The number of aliphatic hydroxyl groups excluding tert-OH is 2. The van der Waals surface area contributed by atoms with E-state index in [0.29, 0.717) is 13.0 Å². The second-order valence-electron chi connectivity index (χ2n) is 5.34. The maximum absolute atomic E-state index is 9.93. The van der Waals surface area contributed by atoms with Crippen molar-refractivity contribution >= 4 is 0 Å². The van der Waals surface area contributed by atoms with Gasteiger partial charge in [-0.15, -0.1) is 6.58 Å². The molecule has 0 aromatic rings. The van der Waals surface area contributed by atoms with Crippen molar-refractivity contribution in [2.75, 3.05) is 13.2 Å². The van der Waals surface area contributed by atoms with Gasteiger partial charge < -0.3 is 19.7 Å². The van der Waals surface area contributed by atoms with Gasteiger partial charge in [0.2, 0.25) is 0 Å². The van der Waals surface area contributed by atoms with Crippen molar-refractivity contribution in [3.8, 4) is 0 Å². The molecular formula is C14H24O4. The molecule has 1 heterocycles. The van der Waals surface area contributed by atoms with Crippen LogP contribution < -0.4 is 0 Å². The third-order valence-electron chi connectivity index (χ3n) is 4.11. The highest BCUT2D eigenvalue weighted by Gasteiger charge is 2.45. The Balaban J connectivity index is 1.98. The highest BCUT2D eigenvalue weighted by molar-refractivity contribution is 4.92. The summed E-state index contributed by atoms with van der Waals surface area (Å²) in [6.07, 6.45) is 6.65. The molecule has 0 amide bonds. The van der Waals surface area contributed by atoms with Gasteiger partial charge in [0.25, 0.3) is 0 Å². The van der Waals surface area contributed by atoms with Crippen LogP contribution in [0.5, 0.6) is 0 Å². The minimum Gasteiger partial charge on any atom is -0.396 e. The van der Waals surface area contributed by atoms with E-state index in [9.17, 15) is 5.11 Å². The molecule has 1 aliphatic heterocycles. The van der Waals surface area contributed by atoms with Crippen LogP contribution in [-0.2, 0) is 9.47 Å². The smallest absolute Gasteiger partial charge is 0.168 e. The highest BCUT2D eigenvalue weighted by atomic mass is 16.7. The van der Waals surface area contributed by atoms with E-state index in [1.165, 1.54) is 12.5 Å². The van der Waals surface area contributed by atoms with Crippen molar-refractivity contribution in [1.29, 1.82) is 0 Å². The van der Waals surface area contributed by atoms with Crippen LogP contribution in [0.25, 0.3) is 0 Å². The summed E-state index contributed by atoms with van der Waals surface area (Å²) in [5, 5.41) is 19.0. The van der Waals surface area contributed by atoms with Gasteiger partial charge in [-0.05, 0) is 19.3 Å². The number of hydrogen-bond acceptors (Lipinski definition) is 4. The molecule has 2 aliphatic rings. The first kappa shape index (κ1) is 14.0. The summed E-state index contributed by atoms with van der Waals surface area (Å²) in [7, 11) is 0. The van der Waals surface area contributed by atoms with Crippen molar-refractivity contribution in [2.45, 2.75) is 56.5 Å². The third-order valence-corrected chi connectivity index (χ3v) is 4.11. The minimum atomic E-state index is -0.649. The molecule has 1 saturated carbocycles. The van der Waals surface area contributed by atoms with Crippen LogP contribution in [-0.4, -0.2) is 41.4 Å². The summed E-state index contributed by atoms with van der Waals surface area (Å²) in [6.45, 7) is 4.16. The van der Waals surface area contributed by atoms with E-state index in [0.717, 1.165) is 25.7 Å². The van der Waals surface area contributed by atoms with Gasteiger partial charge in [-0.1, -0.05) is 12.5 Å². The van der Waals surface area contributed by atoms with Crippen LogP contribution in [0.2, 0.25) is 0 Å². The number of rotatable bonds is 5. The van der Waals surface area contributed by atoms with Crippen LogP contribution >= 0.6 is 0 Å². The van der Waals surface area contributed by atoms with Crippen molar-refractivity contribution < 1.29 is 19.7 Å². The molecule has 2 rings (SSSR count). The first-order valence-corrected chi connectivity index (χ1v) is 6.94. The van der Waals surface area contributed by atoms with Crippen LogP contribution in [0.3, 0.4) is 0 Å². The first-order valence-electron chi connectivity index (χ1n) is 6.94. The van der Waals surface area contributed by atoms with Crippen LogP contribution in [0.15, 0.2) is 12.7 Å². The molecule has 4 heteroatoms. The van der Waals surface area contributed by atoms with E-state index in [2.05, 4.69) is 6.58 Å². The molecule has 3 atom stereocenters. The molecule has 4 nitrogen and oxygen atoms in total. The Morgan fingerprint density at radius 3 is 2.67 bits per heavy atom. The molecule has 18 heavy (non-hydrogen) atoms. The molecule has 0 unspecified atom stereocenters.